The molecule has 0 saturated carbocycles. The van der Waals surface area contributed by atoms with E-state index in [1.807, 2.05) is 30.8 Å². The molecule has 0 saturated heterocycles. The summed E-state index contributed by atoms with van der Waals surface area (Å²) < 4.78 is 29.4. The van der Waals surface area contributed by atoms with Crippen molar-refractivity contribution < 1.29 is 17.9 Å². The number of hydrogen-bond donors (Lipinski definition) is 2. The van der Waals surface area contributed by atoms with Crippen LogP contribution in [0, 0.1) is 6.92 Å². The van der Waals surface area contributed by atoms with Crippen molar-refractivity contribution in [2.45, 2.75) is 25.2 Å². The van der Waals surface area contributed by atoms with E-state index in [0.29, 0.717) is 5.75 Å². The highest BCUT2D eigenvalue weighted by Gasteiger charge is 2.14. The van der Waals surface area contributed by atoms with Gasteiger partial charge in [-0.1, -0.05) is 36.8 Å². The van der Waals surface area contributed by atoms with Gasteiger partial charge in [0.15, 0.2) is 6.61 Å². The summed E-state index contributed by atoms with van der Waals surface area (Å²) in [6.45, 7) is 3.61. The van der Waals surface area contributed by atoms with Crippen molar-refractivity contribution in [1.82, 2.24) is 10.3 Å². The Morgan fingerprint density at radius 2 is 1.67 bits per heavy atom. The van der Waals surface area contributed by atoms with Crippen LogP contribution in [0.2, 0.25) is 0 Å². The minimum atomic E-state index is -3.80. The van der Waals surface area contributed by atoms with Crippen LogP contribution in [0.4, 0.5) is 0 Å². The Kier molecular flexibility index (Phi) is 5.94. The van der Waals surface area contributed by atoms with Crippen molar-refractivity contribution in [3.63, 3.8) is 0 Å². The van der Waals surface area contributed by atoms with E-state index in [-0.39, 0.29) is 11.5 Å². The molecule has 2 N–H and O–H groups in total. The quantitative estimate of drug-likeness (QED) is 0.749. The number of sulfonamides is 1. The molecule has 0 aromatic heterocycles. The van der Waals surface area contributed by atoms with Crippen molar-refractivity contribution in [1.29, 1.82) is 0 Å². The first kappa shape index (κ1) is 18.0. The fourth-order valence-electron chi connectivity index (χ4n) is 1.91. The lowest BCUT2D eigenvalue weighted by Gasteiger charge is -2.10. The van der Waals surface area contributed by atoms with Crippen LogP contribution in [0.25, 0.3) is 0 Å². The normalized spacial score (nSPS) is 11.1. The van der Waals surface area contributed by atoms with E-state index in [9.17, 15) is 13.2 Å². The van der Waals surface area contributed by atoms with E-state index in [1.165, 1.54) is 12.1 Å². The summed E-state index contributed by atoms with van der Waals surface area (Å²) in [5.41, 5.74) is 4.24. The van der Waals surface area contributed by atoms with Gasteiger partial charge in [-0.2, -0.15) is 0 Å². The zero-order valence-corrected chi connectivity index (χ0v) is 14.4. The van der Waals surface area contributed by atoms with Crippen LogP contribution in [-0.4, -0.2) is 20.9 Å². The number of hydrogen-bond acceptors (Lipinski definition) is 4. The lowest BCUT2D eigenvalue weighted by molar-refractivity contribution is -0.123. The van der Waals surface area contributed by atoms with Crippen LogP contribution in [0.5, 0.6) is 5.75 Å². The number of benzene rings is 2. The second-order valence-electron chi connectivity index (χ2n) is 5.25. The zero-order valence-electron chi connectivity index (χ0n) is 13.6. The largest absolute Gasteiger partial charge is 0.484 e. The number of ether oxygens (including phenoxy) is 1. The van der Waals surface area contributed by atoms with E-state index in [0.717, 1.165) is 17.5 Å². The van der Waals surface area contributed by atoms with Gasteiger partial charge in [-0.15, -0.1) is 4.83 Å². The summed E-state index contributed by atoms with van der Waals surface area (Å²) in [6, 6.07) is 13.6. The summed E-state index contributed by atoms with van der Waals surface area (Å²) in [7, 11) is -3.80. The van der Waals surface area contributed by atoms with Crippen molar-refractivity contribution in [3.05, 3.63) is 59.7 Å². The van der Waals surface area contributed by atoms with Crippen LogP contribution in [0.1, 0.15) is 18.1 Å². The molecule has 0 unspecified atom stereocenters. The van der Waals surface area contributed by atoms with E-state index in [2.05, 4.69) is 5.43 Å². The van der Waals surface area contributed by atoms with Crippen molar-refractivity contribution in [3.8, 4) is 5.75 Å². The number of amides is 1. The Morgan fingerprint density at radius 1 is 1.04 bits per heavy atom. The van der Waals surface area contributed by atoms with Gasteiger partial charge in [0.25, 0.3) is 15.9 Å². The van der Waals surface area contributed by atoms with Crippen LogP contribution >= 0.6 is 0 Å². The molecule has 1 amide bonds. The number of nitrogens with one attached hydrogen (secondary N) is 2. The Hall–Kier alpha value is -2.38. The Bertz CT molecular complexity index is 784. The first-order valence-corrected chi connectivity index (χ1v) is 8.98. The molecule has 2 aromatic carbocycles. The van der Waals surface area contributed by atoms with Gasteiger partial charge >= 0.3 is 0 Å². The highest BCUT2D eigenvalue weighted by Crippen LogP contribution is 2.12. The molecule has 0 aliphatic carbocycles. The summed E-state index contributed by atoms with van der Waals surface area (Å²) in [5, 5.41) is 0. The summed E-state index contributed by atoms with van der Waals surface area (Å²) >= 11 is 0. The highest BCUT2D eigenvalue weighted by atomic mass is 32.2. The minimum Gasteiger partial charge on any atom is -0.484 e. The predicted molar refractivity (Wildman–Crippen MR) is 91.0 cm³/mol. The van der Waals surface area contributed by atoms with Gasteiger partial charge in [-0.3, -0.25) is 10.2 Å². The SMILES string of the molecule is CCc1ccc(OCC(=O)NNS(=O)(=O)c2ccc(C)cc2)cc1. The number of hydrazine groups is 1. The van der Waals surface area contributed by atoms with Gasteiger partial charge in [0, 0.05) is 0 Å². The van der Waals surface area contributed by atoms with Gasteiger partial charge in [0.05, 0.1) is 4.90 Å². The van der Waals surface area contributed by atoms with Gasteiger partial charge < -0.3 is 4.74 Å². The van der Waals surface area contributed by atoms with E-state index in [4.69, 9.17) is 4.74 Å². The fraction of sp³-hybridized carbons (Fsp3) is 0.235. The van der Waals surface area contributed by atoms with Crippen molar-refractivity contribution in [2.75, 3.05) is 6.61 Å². The van der Waals surface area contributed by atoms with Gasteiger partial charge in [-0.25, -0.2) is 8.42 Å². The van der Waals surface area contributed by atoms with Crippen LogP contribution in [0.3, 0.4) is 0 Å². The Balaban J connectivity index is 1.84. The molecule has 0 fully saturated rings. The maximum Gasteiger partial charge on any atom is 0.272 e. The fourth-order valence-corrected chi connectivity index (χ4v) is 2.77. The first-order chi connectivity index (χ1) is 11.4. The molecule has 0 aliphatic rings. The topological polar surface area (TPSA) is 84.5 Å². The predicted octanol–water partition coefficient (Wildman–Crippen LogP) is 1.95. The maximum absolute atomic E-state index is 12.0. The van der Waals surface area contributed by atoms with Gasteiger partial charge in [0.2, 0.25) is 0 Å². The molecule has 6 nitrogen and oxygen atoms in total. The summed E-state index contributed by atoms with van der Waals surface area (Å²) in [6.07, 6.45) is 0.918. The molecule has 0 bridgehead atoms. The molecule has 0 radical (unpaired) electrons. The lowest BCUT2D eigenvalue weighted by Crippen LogP contribution is -2.43. The summed E-state index contributed by atoms with van der Waals surface area (Å²) in [5.74, 6) is -0.0472. The average Bonchev–Trinajstić information content (AvgIpc) is 2.59. The van der Waals surface area contributed by atoms with Crippen LogP contribution in [0.15, 0.2) is 53.4 Å². The molecular formula is C17H20N2O4S. The third-order valence-electron chi connectivity index (χ3n) is 3.36. The van der Waals surface area contributed by atoms with Crippen LogP contribution in [-0.2, 0) is 21.2 Å². The average molecular weight is 348 g/mol. The molecule has 2 rings (SSSR count). The Morgan fingerprint density at radius 3 is 2.25 bits per heavy atom. The molecule has 0 spiro atoms. The molecule has 128 valence electrons. The molecular weight excluding hydrogens is 328 g/mol. The molecule has 0 atom stereocenters. The smallest absolute Gasteiger partial charge is 0.272 e. The van der Waals surface area contributed by atoms with E-state index in [1.54, 1.807) is 24.3 Å². The van der Waals surface area contributed by atoms with Gasteiger partial charge in [0.1, 0.15) is 5.75 Å². The zero-order chi connectivity index (χ0) is 17.6. The minimum absolute atomic E-state index is 0.0736. The second kappa shape index (κ2) is 7.94. The van der Waals surface area contributed by atoms with Gasteiger partial charge in [-0.05, 0) is 43.2 Å². The number of carbonyl (C=O) groups excluding carboxylic acids is 1. The number of carbonyl (C=O) groups is 1. The van der Waals surface area contributed by atoms with E-state index >= 15 is 0 Å². The molecule has 0 aliphatic heterocycles. The third kappa shape index (κ3) is 5.07. The number of rotatable bonds is 7. The summed E-state index contributed by atoms with van der Waals surface area (Å²) in [4.78, 5) is 13.8. The Labute approximate surface area is 141 Å². The van der Waals surface area contributed by atoms with Crippen molar-refractivity contribution in [2.24, 2.45) is 0 Å². The van der Waals surface area contributed by atoms with E-state index < -0.39 is 15.9 Å². The molecule has 24 heavy (non-hydrogen) atoms. The van der Waals surface area contributed by atoms with Crippen molar-refractivity contribution >= 4 is 15.9 Å². The monoisotopic (exact) mass is 348 g/mol. The molecule has 2 aromatic rings. The number of aryl methyl sites for hydroxylation is 2. The van der Waals surface area contributed by atoms with Crippen LogP contribution < -0.4 is 15.0 Å². The maximum atomic E-state index is 12.0. The molecule has 0 heterocycles. The standard InChI is InChI=1S/C17H20N2O4S/c1-3-14-6-8-15(9-7-14)23-12-17(20)18-19-24(21,22)16-10-4-13(2)5-11-16/h4-11,19H,3,12H2,1-2H3,(H,18,20). The molecule has 7 heteroatoms. The lowest BCUT2D eigenvalue weighted by atomic mass is 10.2. The third-order valence-corrected chi connectivity index (χ3v) is 4.62. The first-order valence-electron chi connectivity index (χ1n) is 7.50. The second-order valence-corrected chi connectivity index (χ2v) is 6.94. The highest BCUT2D eigenvalue weighted by molar-refractivity contribution is 7.89.